The van der Waals surface area contributed by atoms with Crippen molar-refractivity contribution < 1.29 is 18.7 Å². The van der Waals surface area contributed by atoms with Crippen LogP contribution in [-0.4, -0.2) is 41.2 Å². The third-order valence-electron chi connectivity index (χ3n) is 7.84. The van der Waals surface area contributed by atoms with Crippen LogP contribution in [0.1, 0.15) is 37.7 Å². The van der Waals surface area contributed by atoms with Crippen LogP contribution in [0.25, 0.3) is 11.1 Å². The summed E-state index contributed by atoms with van der Waals surface area (Å²) in [6.07, 6.45) is 8.80. The van der Waals surface area contributed by atoms with Crippen LogP contribution in [0.3, 0.4) is 0 Å². The van der Waals surface area contributed by atoms with Crippen LogP contribution in [0.4, 0.5) is 6.01 Å². The molecule has 2 aromatic heterocycles. The number of aromatic nitrogens is 2. The van der Waals surface area contributed by atoms with E-state index in [0.29, 0.717) is 24.5 Å². The number of ether oxygens (including phenoxy) is 2. The van der Waals surface area contributed by atoms with E-state index in [1.54, 1.807) is 0 Å². The van der Waals surface area contributed by atoms with Gasteiger partial charge in [-0.2, -0.15) is 4.98 Å². The van der Waals surface area contributed by atoms with E-state index >= 15 is 0 Å². The molecule has 7 heteroatoms. The van der Waals surface area contributed by atoms with Gasteiger partial charge in [-0.3, -0.25) is 4.98 Å². The lowest BCUT2D eigenvalue weighted by Gasteiger charge is -2.33. The molecule has 0 amide bonds. The van der Waals surface area contributed by atoms with E-state index < -0.39 is 0 Å². The Morgan fingerprint density at radius 1 is 0.947 bits per heavy atom. The quantitative estimate of drug-likeness (QED) is 0.275. The summed E-state index contributed by atoms with van der Waals surface area (Å²) in [6.45, 7) is 1.34. The normalized spacial score (nSPS) is 23.4. The summed E-state index contributed by atoms with van der Waals surface area (Å²) in [5.74, 6) is 1.34. The van der Waals surface area contributed by atoms with Crippen LogP contribution in [0.5, 0.6) is 5.75 Å². The molecule has 196 valence electrons. The Balaban J connectivity index is 1.14. The number of esters is 1. The van der Waals surface area contributed by atoms with Crippen LogP contribution in [-0.2, 0) is 16.0 Å². The first kappa shape index (κ1) is 24.5. The molecule has 1 aliphatic heterocycles. The van der Waals surface area contributed by atoms with Gasteiger partial charge in [0.1, 0.15) is 23.4 Å². The molecule has 38 heavy (non-hydrogen) atoms. The maximum Gasteiger partial charge on any atom is 0.329 e. The van der Waals surface area contributed by atoms with Gasteiger partial charge >= 0.3 is 5.97 Å². The molecule has 4 aromatic rings. The molecule has 1 saturated carbocycles. The monoisotopic (exact) mass is 511 g/mol. The van der Waals surface area contributed by atoms with E-state index in [-0.39, 0.29) is 18.1 Å². The van der Waals surface area contributed by atoms with Crippen LogP contribution in [0, 0.1) is 11.8 Å². The topological polar surface area (TPSA) is 77.7 Å². The number of rotatable bonds is 8. The molecule has 7 nitrogen and oxygen atoms in total. The maximum absolute atomic E-state index is 13.5. The number of pyridine rings is 1. The Hall–Kier alpha value is -3.87. The second kappa shape index (κ2) is 11.3. The zero-order valence-corrected chi connectivity index (χ0v) is 21.4. The van der Waals surface area contributed by atoms with Gasteiger partial charge < -0.3 is 18.8 Å². The molecular weight excluding hydrogens is 478 g/mol. The van der Waals surface area contributed by atoms with Crippen molar-refractivity contribution >= 4 is 23.1 Å². The highest BCUT2D eigenvalue weighted by Gasteiger charge is 2.40. The third-order valence-corrected chi connectivity index (χ3v) is 7.84. The molecule has 1 saturated heterocycles. The molecule has 0 spiro atoms. The van der Waals surface area contributed by atoms with Crippen molar-refractivity contribution in [2.24, 2.45) is 11.8 Å². The van der Waals surface area contributed by atoms with Crippen LogP contribution in [0.2, 0.25) is 0 Å². The van der Waals surface area contributed by atoms with Crippen LogP contribution < -0.4 is 9.64 Å². The predicted molar refractivity (Wildman–Crippen MR) is 145 cm³/mol. The molecule has 2 unspecified atom stereocenters. The van der Waals surface area contributed by atoms with Crippen molar-refractivity contribution in [3.63, 3.8) is 0 Å². The first-order valence-corrected chi connectivity index (χ1v) is 13.6. The van der Waals surface area contributed by atoms with Gasteiger partial charge in [0.2, 0.25) is 0 Å². The Labute approximate surface area is 222 Å². The first-order chi connectivity index (χ1) is 18.7. The van der Waals surface area contributed by atoms with E-state index in [2.05, 4.69) is 22.1 Å². The van der Waals surface area contributed by atoms with Crippen molar-refractivity contribution in [2.75, 3.05) is 18.1 Å². The molecule has 3 heterocycles. The number of carbonyl (C=O) groups is 1. The Morgan fingerprint density at radius 3 is 2.58 bits per heavy atom. The average Bonchev–Trinajstić information content (AvgIpc) is 3.56. The van der Waals surface area contributed by atoms with Gasteiger partial charge in [0.25, 0.3) is 6.01 Å². The highest BCUT2D eigenvalue weighted by molar-refractivity contribution is 5.81. The fourth-order valence-electron chi connectivity index (χ4n) is 5.88. The number of carbonyl (C=O) groups excluding carboxylic acids is 1. The number of piperidine rings is 1. The van der Waals surface area contributed by atoms with Crippen LogP contribution >= 0.6 is 0 Å². The third kappa shape index (κ3) is 5.52. The molecule has 0 bridgehead atoms. The largest absolute Gasteiger partial charge is 0.493 e. The molecule has 0 radical (unpaired) electrons. The van der Waals surface area contributed by atoms with E-state index in [1.165, 1.54) is 5.56 Å². The first-order valence-electron chi connectivity index (χ1n) is 13.6. The molecule has 6 rings (SSSR count). The summed E-state index contributed by atoms with van der Waals surface area (Å²) in [4.78, 5) is 24.3. The SMILES string of the molecule is O=C(OC1CC(Cc2ccncc2)[C@H](COc2ccccc2)C1)[C@@H]1CCCCN1c1nc2ccccc2o1. The van der Waals surface area contributed by atoms with Gasteiger partial charge in [0, 0.05) is 18.9 Å². The fourth-order valence-corrected chi connectivity index (χ4v) is 5.88. The van der Waals surface area contributed by atoms with Gasteiger partial charge in [-0.05, 0) is 92.3 Å². The summed E-state index contributed by atoms with van der Waals surface area (Å²) in [6, 6.07) is 21.9. The number of hydrogen-bond acceptors (Lipinski definition) is 7. The second-order valence-electron chi connectivity index (χ2n) is 10.4. The van der Waals surface area contributed by atoms with Crippen molar-refractivity contribution in [1.29, 1.82) is 0 Å². The molecule has 2 fully saturated rings. The number of para-hydroxylation sites is 3. The lowest BCUT2D eigenvalue weighted by atomic mass is 9.90. The van der Waals surface area contributed by atoms with Crippen molar-refractivity contribution in [2.45, 2.75) is 50.7 Å². The highest BCUT2D eigenvalue weighted by atomic mass is 16.5. The summed E-state index contributed by atoms with van der Waals surface area (Å²) in [5.41, 5.74) is 2.78. The maximum atomic E-state index is 13.5. The van der Waals surface area contributed by atoms with Crippen molar-refractivity contribution in [3.05, 3.63) is 84.7 Å². The molecular formula is C31H33N3O4. The van der Waals surface area contributed by atoms with Gasteiger partial charge in [0.05, 0.1) is 6.61 Å². The minimum Gasteiger partial charge on any atom is -0.493 e. The number of fused-ring (bicyclic) bond motifs is 1. The summed E-state index contributed by atoms with van der Waals surface area (Å²) >= 11 is 0. The lowest BCUT2D eigenvalue weighted by molar-refractivity contribution is -0.151. The summed E-state index contributed by atoms with van der Waals surface area (Å²) in [7, 11) is 0. The Kier molecular flexibility index (Phi) is 7.25. The number of hydrogen-bond donors (Lipinski definition) is 0. The average molecular weight is 512 g/mol. The van der Waals surface area contributed by atoms with Crippen molar-refractivity contribution in [3.8, 4) is 5.75 Å². The minimum atomic E-state index is -0.380. The molecule has 4 atom stereocenters. The van der Waals surface area contributed by atoms with Crippen LogP contribution in [0.15, 0.2) is 83.5 Å². The number of oxazole rings is 1. The summed E-state index contributed by atoms with van der Waals surface area (Å²) < 4.78 is 18.4. The van der Waals surface area contributed by atoms with Gasteiger partial charge in [-0.1, -0.05) is 30.3 Å². The standard InChI is InChI=1S/C31H33N3O4/c35-30(28-11-6-7-17-34(28)31-33-27-10-4-5-12-29(27)38-31)37-26-19-23(18-22-13-15-32-16-14-22)24(20-26)21-36-25-8-2-1-3-9-25/h1-5,8-10,12-16,23-24,26,28H,6-7,11,17-21H2/t23?,24-,26?,28-/m0/s1. The van der Waals surface area contributed by atoms with E-state index in [4.69, 9.17) is 13.9 Å². The van der Waals surface area contributed by atoms with E-state index in [9.17, 15) is 4.79 Å². The molecule has 1 aliphatic carbocycles. The van der Waals surface area contributed by atoms with Crippen molar-refractivity contribution in [1.82, 2.24) is 9.97 Å². The molecule has 2 aliphatic rings. The zero-order chi connectivity index (χ0) is 25.7. The number of benzene rings is 2. The Bertz CT molecular complexity index is 1310. The molecule has 2 aromatic carbocycles. The number of nitrogens with zero attached hydrogens (tertiary/aromatic N) is 3. The minimum absolute atomic E-state index is 0.133. The second-order valence-corrected chi connectivity index (χ2v) is 10.4. The smallest absolute Gasteiger partial charge is 0.329 e. The predicted octanol–water partition coefficient (Wildman–Crippen LogP) is 5.84. The summed E-state index contributed by atoms with van der Waals surface area (Å²) in [5, 5.41) is 0. The van der Waals surface area contributed by atoms with E-state index in [0.717, 1.165) is 61.9 Å². The fraction of sp³-hybridized carbons (Fsp3) is 0.387. The zero-order valence-electron chi connectivity index (χ0n) is 21.4. The van der Waals surface area contributed by atoms with Gasteiger partial charge in [0.15, 0.2) is 5.58 Å². The van der Waals surface area contributed by atoms with Gasteiger partial charge in [-0.15, -0.1) is 0 Å². The highest BCUT2D eigenvalue weighted by Crippen LogP contribution is 2.38. The lowest BCUT2D eigenvalue weighted by Crippen LogP contribution is -2.46. The Morgan fingerprint density at radius 2 is 1.74 bits per heavy atom. The number of anilines is 1. The molecule has 0 N–H and O–H groups in total. The van der Waals surface area contributed by atoms with E-state index in [1.807, 2.05) is 71.9 Å². The van der Waals surface area contributed by atoms with Gasteiger partial charge in [-0.25, -0.2) is 4.79 Å².